The highest BCUT2D eigenvalue weighted by Gasteiger charge is 2.43. The van der Waals surface area contributed by atoms with Crippen LogP contribution in [0.3, 0.4) is 0 Å². The monoisotopic (exact) mass is 865 g/mol. The van der Waals surface area contributed by atoms with Crippen LogP contribution < -0.4 is 30.6 Å². The molecule has 0 radical (unpaired) electrons. The topological polar surface area (TPSA) is 176 Å². The number of likely N-dealkylation sites (tertiary alicyclic amines) is 1. The molecule has 3 aromatic carbocycles. The number of halogens is 1. The lowest BCUT2D eigenvalue weighted by atomic mass is 9.72. The van der Waals surface area contributed by atoms with Gasteiger partial charge in [0.25, 0.3) is 0 Å². The minimum Gasteiger partial charge on any atom is -0.496 e. The van der Waals surface area contributed by atoms with Crippen LogP contribution in [0.25, 0.3) is 0 Å². The number of hydrogen-bond acceptors (Lipinski definition) is 10. The van der Waals surface area contributed by atoms with E-state index in [9.17, 15) is 22.8 Å². The van der Waals surface area contributed by atoms with E-state index in [1.54, 1.807) is 36.3 Å². The summed E-state index contributed by atoms with van der Waals surface area (Å²) in [5, 5.41) is 6.98. The minimum absolute atomic E-state index is 0.0906. The van der Waals surface area contributed by atoms with E-state index < -0.39 is 34.1 Å². The number of amides is 3. The largest absolute Gasteiger partial charge is 0.496 e. The summed E-state index contributed by atoms with van der Waals surface area (Å²) in [6, 6.07) is 21.2. The number of para-hydroxylation sites is 1. The van der Waals surface area contributed by atoms with E-state index in [-0.39, 0.29) is 60.9 Å². The van der Waals surface area contributed by atoms with Gasteiger partial charge in [-0.2, -0.15) is 0 Å². The summed E-state index contributed by atoms with van der Waals surface area (Å²) in [6.07, 6.45) is 7.16. The van der Waals surface area contributed by atoms with Crippen LogP contribution in [0, 0.1) is 5.41 Å². The highest BCUT2D eigenvalue weighted by molar-refractivity contribution is 7.88. The molecule has 16 heteroatoms. The van der Waals surface area contributed by atoms with Crippen molar-refractivity contribution in [1.29, 1.82) is 0 Å². The first kappa shape index (κ1) is 45.3. The maximum Gasteiger partial charge on any atom is 0.415 e. The molecule has 14 nitrogen and oxygen atoms in total. The number of benzene rings is 3. The third kappa shape index (κ3) is 12.4. The molecule has 2 heterocycles. The molecule has 5 N–H and O–H groups in total. The van der Waals surface area contributed by atoms with Crippen LogP contribution in [-0.2, 0) is 39.2 Å². The lowest BCUT2D eigenvalue weighted by Gasteiger charge is -2.43. The van der Waals surface area contributed by atoms with Crippen molar-refractivity contribution in [2.24, 2.45) is 11.1 Å². The highest BCUT2D eigenvalue weighted by Crippen LogP contribution is 2.44. The number of sulfonamides is 1. The number of nitrogens with two attached hydrogens (primary N) is 1. The van der Waals surface area contributed by atoms with Crippen molar-refractivity contribution in [3.8, 4) is 11.5 Å². The molecule has 0 aromatic heterocycles. The summed E-state index contributed by atoms with van der Waals surface area (Å²) in [5.41, 5.74) is 9.06. The van der Waals surface area contributed by atoms with E-state index in [0.29, 0.717) is 31.6 Å². The summed E-state index contributed by atoms with van der Waals surface area (Å²) in [4.78, 5) is 48.0. The Balaban J connectivity index is 1.16. The van der Waals surface area contributed by atoms with Crippen molar-refractivity contribution in [3.05, 3.63) is 94.5 Å². The van der Waals surface area contributed by atoms with Gasteiger partial charge >= 0.3 is 6.09 Å². The maximum atomic E-state index is 14.8. The summed E-state index contributed by atoms with van der Waals surface area (Å²) in [7, 11) is -1.79. The zero-order valence-corrected chi connectivity index (χ0v) is 36.3. The van der Waals surface area contributed by atoms with Gasteiger partial charge in [-0.3, -0.25) is 14.5 Å². The molecule has 326 valence electrons. The molecule has 3 amide bonds. The Kier molecular flexibility index (Phi) is 15.9. The number of rotatable bonds is 17. The molecule has 1 saturated carbocycles. The Bertz CT molecular complexity index is 2030. The second kappa shape index (κ2) is 21.0. The van der Waals surface area contributed by atoms with Crippen LogP contribution >= 0.6 is 11.6 Å². The molecule has 2 saturated heterocycles. The number of methoxy groups -OCH3 is 1. The molecule has 0 bridgehead atoms. The molecular formula is C44H60ClN7O7S. The molecule has 2 atom stereocenters. The number of hydrogen-bond donors (Lipinski definition) is 4. The third-order valence-electron chi connectivity index (χ3n) is 12.1. The molecule has 2 aliphatic heterocycles. The van der Waals surface area contributed by atoms with Gasteiger partial charge in [-0.25, -0.2) is 17.9 Å². The van der Waals surface area contributed by atoms with Gasteiger partial charge in [0.2, 0.25) is 21.8 Å². The summed E-state index contributed by atoms with van der Waals surface area (Å²) >= 11 is 6.29. The van der Waals surface area contributed by atoms with E-state index in [4.69, 9.17) is 26.8 Å². The molecule has 60 heavy (non-hydrogen) atoms. The molecule has 6 rings (SSSR count). The minimum atomic E-state index is -3.35. The number of nitrogens with one attached hydrogen (secondary N) is 3. The van der Waals surface area contributed by atoms with Gasteiger partial charge in [0.1, 0.15) is 11.8 Å². The van der Waals surface area contributed by atoms with Gasteiger partial charge in [-0.15, -0.1) is 0 Å². The standard InChI is InChI=1S/C44H60ClN7O7S/c1-58-40-26-33(15-16-34(40)27-46)28-47-41(53)38-30-51(43(55)59-39-14-7-6-12-36(39)45)24-25-52(38)42(54)37(13-8-9-22-48-60(2,56)57)49-35-17-19-44(20-18-35)21-23-50(31-44)29-32-10-4-3-5-11-32/h3-7,10-12,14-16,26,35,37-38,48-49H,8-9,13,17-25,27-31,46H2,1-2H3,(H,47,53)/t35?,37-,38+,44?/m1/s1. The van der Waals surface area contributed by atoms with Crippen molar-refractivity contribution >= 4 is 39.5 Å². The first-order valence-electron chi connectivity index (χ1n) is 21.0. The predicted molar refractivity (Wildman–Crippen MR) is 232 cm³/mol. The zero-order valence-electron chi connectivity index (χ0n) is 34.7. The number of piperazine rings is 1. The summed E-state index contributed by atoms with van der Waals surface area (Å²) in [5.74, 6) is 0.162. The molecule has 1 spiro atoms. The van der Waals surface area contributed by atoms with E-state index in [2.05, 4.69) is 44.5 Å². The smallest absolute Gasteiger partial charge is 0.415 e. The van der Waals surface area contributed by atoms with Crippen LogP contribution in [0.1, 0.15) is 68.1 Å². The van der Waals surface area contributed by atoms with E-state index in [1.807, 2.05) is 24.3 Å². The first-order chi connectivity index (χ1) is 28.8. The van der Waals surface area contributed by atoms with Crippen LogP contribution in [0.2, 0.25) is 5.02 Å². The van der Waals surface area contributed by atoms with Gasteiger partial charge < -0.3 is 35.6 Å². The fraction of sp³-hybridized carbons (Fsp3) is 0.523. The number of ether oxygens (including phenoxy) is 2. The van der Waals surface area contributed by atoms with Crippen LogP contribution in [0.4, 0.5) is 4.79 Å². The van der Waals surface area contributed by atoms with E-state index in [0.717, 1.165) is 69.1 Å². The molecule has 3 fully saturated rings. The quantitative estimate of drug-likeness (QED) is 0.140. The zero-order chi connectivity index (χ0) is 42.7. The fourth-order valence-corrected chi connectivity index (χ4v) is 9.49. The van der Waals surface area contributed by atoms with Crippen molar-refractivity contribution in [3.63, 3.8) is 0 Å². The van der Waals surface area contributed by atoms with Crippen molar-refractivity contribution in [1.82, 2.24) is 30.1 Å². The number of carbonyl (C=O) groups is 3. The van der Waals surface area contributed by atoms with Gasteiger partial charge in [0.15, 0.2) is 5.75 Å². The van der Waals surface area contributed by atoms with Crippen LogP contribution in [0.15, 0.2) is 72.8 Å². The Morgan fingerprint density at radius 2 is 1.68 bits per heavy atom. The molecular weight excluding hydrogens is 806 g/mol. The SMILES string of the molecule is COc1cc(CNC(=O)[C@@H]2CN(C(=O)Oc3ccccc3Cl)CCN2C(=O)[C@@H](CCCCNS(C)(=O)=O)NC2CCC3(CC2)CCN(Cc2ccccc2)C3)ccc1CN. The Hall–Kier alpha value is -4.25. The molecule has 0 unspecified atom stereocenters. The summed E-state index contributed by atoms with van der Waals surface area (Å²) in [6.45, 7) is 3.96. The molecule has 3 aliphatic rings. The number of carbonyl (C=O) groups excluding carboxylic acids is 3. The van der Waals surface area contributed by atoms with Crippen molar-refractivity contribution in [2.45, 2.75) is 89.1 Å². The van der Waals surface area contributed by atoms with Gasteiger partial charge in [0, 0.05) is 57.4 Å². The molecule has 3 aromatic rings. The average molecular weight is 867 g/mol. The maximum absolute atomic E-state index is 14.8. The van der Waals surface area contributed by atoms with Gasteiger partial charge in [0.05, 0.1) is 31.0 Å². The first-order valence-corrected chi connectivity index (χ1v) is 23.2. The van der Waals surface area contributed by atoms with Gasteiger partial charge in [-0.05, 0) is 86.2 Å². The lowest BCUT2D eigenvalue weighted by molar-refractivity contribution is -0.145. The average Bonchev–Trinajstić information content (AvgIpc) is 3.64. The van der Waals surface area contributed by atoms with Gasteiger partial charge in [-0.1, -0.05) is 72.6 Å². The number of unbranched alkanes of at least 4 members (excludes halogenated alkanes) is 1. The normalized spacial score (nSPS) is 21.5. The van der Waals surface area contributed by atoms with Crippen molar-refractivity contribution in [2.75, 3.05) is 52.6 Å². The van der Waals surface area contributed by atoms with Crippen LogP contribution in [0.5, 0.6) is 11.5 Å². The fourth-order valence-electron chi connectivity index (χ4n) is 8.80. The summed E-state index contributed by atoms with van der Waals surface area (Å²) < 4.78 is 37.2. The van der Waals surface area contributed by atoms with E-state index >= 15 is 0 Å². The predicted octanol–water partition coefficient (Wildman–Crippen LogP) is 4.65. The lowest BCUT2D eigenvalue weighted by Crippen LogP contribution is -2.64. The number of nitrogens with zero attached hydrogens (tertiary/aromatic N) is 3. The van der Waals surface area contributed by atoms with Crippen LogP contribution in [-0.4, -0.2) is 112 Å². The molecule has 1 aliphatic carbocycles. The third-order valence-corrected chi connectivity index (χ3v) is 13.2. The Morgan fingerprint density at radius 3 is 2.40 bits per heavy atom. The second-order valence-corrected chi connectivity index (χ2v) is 18.7. The van der Waals surface area contributed by atoms with Crippen molar-refractivity contribution < 1.29 is 32.3 Å². The Morgan fingerprint density at radius 1 is 0.933 bits per heavy atom. The highest BCUT2D eigenvalue weighted by atomic mass is 35.5. The second-order valence-electron chi connectivity index (χ2n) is 16.5. The Labute approximate surface area is 359 Å². The van der Waals surface area contributed by atoms with E-state index in [1.165, 1.54) is 10.5 Å².